The molecule has 5 nitrogen and oxygen atoms in total. The molecule has 1 unspecified atom stereocenters. The molecule has 0 saturated carbocycles. The quantitative estimate of drug-likeness (QED) is 0.827. The molecule has 1 saturated heterocycles. The van der Waals surface area contributed by atoms with Crippen molar-refractivity contribution in [1.29, 1.82) is 0 Å². The van der Waals surface area contributed by atoms with E-state index in [2.05, 4.69) is 15.6 Å². The van der Waals surface area contributed by atoms with E-state index in [0.717, 1.165) is 25.9 Å². The van der Waals surface area contributed by atoms with Crippen LogP contribution in [0.5, 0.6) is 0 Å². The second-order valence-electron chi connectivity index (χ2n) is 5.81. The average molecular weight is 250 g/mol. The lowest BCUT2D eigenvalue weighted by atomic mass is 10.1. The molecule has 0 aromatic carbocycles. The fourth-order valence-corrected chi connectivity index (χ4v) is 2.21. The molecule has 100 valence electrons. The van der Waals surface area contributed by atoms with Gasteiger partial charge in [0.15, 0.2) is 5.82 Å². The molecule has 1 atom stereocenters. The summed E-state index contributed by atoms with van der Waals surface area (Å²) < 4.78 is 1.72. The maximum atomic E-state index is 12.3. The summed E-state index contributed by atoms with van der Waals surface area (Å²) in [6.07, 6.45) is 5.65. The Kier molecular flexibility index (Phi) is 3.71. The molecule has 2 rings (SSSR count). The molecule has 0 radical (unpaired) electrons. The Morgan fingerprint density at radius 1 is 1.50 bits per heavy atom. The highest BCUT2D eigenvalue weighted by molar-refractivity contribution is 5.33. The molecule has 0 amide bonds. The van der Waals surface area contributed by atoms with Crippen LogP contribution < -0.4 is 16.2 Å². The molecule has 1 aromatic heterocycles. The van der Waals surface area contributed by atoms with Gasteiger partial charge in [0.25, 0.3) is 5.56 Å². The van der Waals surface area contributed by atoms with Gasteiger partial charge in [0, 0.05) is 30.5 Å². The van der Waals surface area contributed by atoms with E-state index in [4.69, 9.17) is 0 Å². The van der Waals surface area contributed by atoms with Gasteiger partial charge in [-0.05, 0) is 40.2 Å². The minimum atomic E-state index is -0.221. The molecule has 1 aromatic rings. The summed E-state index contributed by atoms with van der Waals surface area (Å²) in [6, 6.07) is 0.301. The molecular formula is C13H22N4O. The molecule has 2 N–H and O–H groups in total. The third-order valence-corrected chi connectivity index (χ3v) is 3.20. The van der Waals surface area contributed by atoms with Gasteiger partial charge in [0.05, 0.1) is 0 Å². The lowest BCUT2D eigenvalue weighted by Crippen LogP contribution is -2.41. The SMILES string of the molecule is CC(C)(C)n1ccnc(NC2CCCNC2)c1=O. The highest BCUT2D eigenvalue weighted by Crippen LogP contribution is 2.12. The largest absolute Gasteiger partial charge is 0.361 e. The van der Waals surface area contributed by atoms with Crippen LogP contribution in [-0.4, -0.2) is 28.7 Å². The van der Waals surface area contributed by atoms with Crippen molar-refractivity contribution in [2.45, 2.75) is 45.2 Å². The lowest BCUT2D eigenvalue weighted by molar-refractivity contribution is 0.382. The topological polar surface area (TPSA) is 59.0 Å². The van der Waals surface area contributed by atoms with Crippen LogP contribution in [0.4, 0.5) is 5.82 Å². The van der Waals surface area contributed by atoms with E-state index in [-0.39, 0.29) is 11.1 Å². The predicted molar refractivity (Wildman–Crippen MR) is 73.0 cm³/mol. The van der Waals surface area contributed by atoms with Crippen molar-refractivity contribution >= 4 is 5.82 Å². The van der Waals surface area contributed by atoms with Crippen LogP contribution in [-0.2, 0) is 5.54 Å². The number of hydrogen-bond acceptors (Lipinski definition) is 4. The van der Waals surface area contributed by atoms with E-state index in [0.29, 0.717) is 11.9 Å². The van der Waals surface area contributed by atoms with E-state index < -0.39 is 0 Å². The number of hydrogen-bond donors (Lipinski definition) is 2. The number of aromatic nitrogens is 2. The van der Waals surface area contributed by atoms with Crippen molar-refractivity contribution in [3.63, 3.8) is 0 Å². The van der Waals surface area contributed by atoms with E-state index in [1.54, 1.807) is 17.0 Å². The van der Waals surface area contributed by atoms with E-state index >= 15 is 0 Å². The molecule has 5 heteroatoms. The minimum Gasteiger partial charge on any atom is -0.361 e. The molecule has 18 heavy (non-hydrogen) atoms. The molecule has 2 heterocycles. The van der Waals surface area contributed by atoms with Crippen LogP contribution in [0.1, 0.15) is 33.6 Å². The molecule has 1 fully saturated rings. The zero-order valence-electron chi connectivity index (χ0n) is 11.4. The summed E-state index contributed by atoms with van der Waals surface area (Å²) in [5, 5.41) is 6.57. The van der Waals surface area contributed by atoms with Gasteiger partial charge in [-0.15, -0.1) is 0 Å². The number of piperidine rings is 1. The van der Waals surface area contributed by atoms with Crippen LogP contribution >= 0.6 is 0 Å². The highest BCUT2D eigenvalue weighted by Gasteiger charge is 2.19. The molecule has 1 aliphatic rings. The molecule has 0 spiro atoms. The Morgan fingerprint density at radius 2 is 2.28 bits per heavy atom. The van der Waals surface area contributed by atoms with Gasteiger partial charge < -0.3 is 15.2 Å². The number of anilines is 1. The van der Waals surface area contributed by atoms with Crippen LogP contribution in [0.15, 0.2) is 17.2 Å². The van der Waals surface area contributed by atoms with Gasteiger partial charge in [-0.3, -0.25) is 4.79 Å². The summed E-state index contributed by atoms with van der Waals surface area (Å²) in [4.78, 5) is 16.5. The van der Waals surface area contributed by atoms with E-state index in [9.17, 15) is 4.79 Å². The Bertz CT molecular complexity index is 455. The smallest absolute Gasteiger partial charge is 0.293 e. The number of rotatable bonds is 2. The summed E-state index contributed by atoms with van der Waals surface area (Å²) in [5.74, 6) is 0.459. The summed E-state index contributed by atoms with van der Waals surface area (Å²) in [5.41, 5.74) is -0.267. The van der Waals surface area contributed by atoms with Gasteiger partial charge in [0.1, 0.15) is 0 Å². The van der Waals surface area contributed by atoms with Crippen LogP contribution in [0.25, 0.3) is 0 Å². The molecule has 1 aliphatic heterocycles. The van der Waals surface area contributed by atoms with Crippen molar-refractivity contribution in [2.24, 2.45) is 0 Å². The van der Waals surface area contributed by atoms with Gasteiger partial charge in [0.2, 0.25) is 0 Å². The van der Waals surface area contributed by atoms with Crippen LogP contribution in [0.3, 0.4) is 0 Å². The zero-order valence-corrected chi connectivity index (χ0v) is 11.4. The van der Waals surface area contributed by atoms with Crippen LogP contribution in [0.2, 0.25) is 0 Å². The first-order chi connectivity index (χ1) is 8.48. The van der Waals surface area contributed by atoms with Gasteiger partial charge >= 0.3 is 0 Å². The second kappa shape index (κ2) is 5.10. The Morgan fingerprint density at radius 3 is 2.89 bits per heavy atom. The maximum absolute atomic E-state index is 12.3. The standard InChI is InChI=1S/C13H22N4O/c1-13(2,3)17-8-7-15-11(12(17)18)16-10-5-4-6-14-9-10/h7-8,10,14H,4-6,9H2,1-3H3,(H,15,16). The van der Waals surface area contributed by atoms with Crippen molar-refractivity contribution in [3.8, 4) is 0 Å². The normalized spacial score (nSPS) is 20.7. The van der Waals surface area contributed by atoms with Crippen molar-refractivity contribution in [3.05, 3.63) is 22.7 Å². The van der Waals surface area contributed by atoms with E-state index in [1.165, 1.54) is 0 Å². The monoisotopic (exact) mass is 250 g/mol. The van der Waals surface area contributed by atoms with Gasteiger partial charge in [-0.25, -0.2) is 4.98 Å². The Balaban J connectivity index is 2.21. The highest BCUT2D eigenvalue weighted by atomic mass is 16.1. The third-order valence-electron chi connectivity index (χ3n) is 3.20. The Labute approximate surface area is 108 Å². The zero-order chi connectivity index (χ0) is 13.2. The van der Waals surface area contributed by atoms with Crippen molar-refractivity contribution in [2.75, 3.05) is 18.4 Å². The number of nitrogens with zero attached hydrogens (tertiary/aromatic N) is 2. The first-order valence-corrected chi connectivity index (χ1v) is 6.54. The first-order valence-electron chi connectivity index (χ1n) is 6.54. The first kappa shape index (κ1) is 13.1. The predicted octanol–water partition coefficient (Wildman–Crippen LogP) is 1.16. The second-order valence-corrected chi connectivity index (χ2v) is 5.81. The van der Waals surface area contributed by atoms with E-state index in [1.807, 2.05) is 20.8 Å². The van der Waals surface area contributed by atoms with Gasteiger partial charge in [-0.2, -0.15) is 0 Å². The van der Waals surface area contributed by atoms with Crippen LogP contribution in [0, 0.1) is 0 Å². The molecular weight excluding hydrogens is 228 g/mol. The summed E-state index contributed by atoms with van der Waals surface area (Å²) >= 11 is 0. The average Bonchev–Trinajstić information content (AvgIpc) is 2.32. The fourth-order valence-electron chi connectivity index (χ4n) is 2.21. The minimum absolute atomic E-state index is 0.0458. The Hall–Kier alpha value is -1.36. The lowest BCUT2D eigenvalue weighted by Gasteiger charge is -2.26. The number of nitrogens with one attached hydrogen (secondary N) is 2. The molecule has 0 aliphatic carbocycles. The summed E-state index contributed by atoms with van der Waals surface area (Å²) in [6.45, 7) is 8.00. The van der Waals surface area contributed by atoms with Gasteiger partial charge in [-0.1, -0.05) is 0 Å². The third kappa shape index (κ3) is 2.90. The summed E-state index contributed by atoms with van der Waals surface area (Å²) in [7, 11) is 0. The van der Waals surface area contributed by atoms with Crippen molar-refractivity contribution in [1.82, 2.24) is 14.9 Å². The maximum Gasteiger partial charge on any atom is 0.293 e. The van der Waals surface area contributed by atoms with Crippen molar-refractivity contribution < 1.29 is 0 Å². The fraction of sp³-hybridized carbons (Fsp3) is 0.692. The molecule has 0 bridgehead atoms.